The van der Waals surface area contributed by atoms with Crippen LogP contribution in [0.3, 0.4) is 0 Å². The summed E-state index contributed by atoms with van der Waals surface area (Å²) < 4.78 is 18.6. The van der Waals surface area contributed by atoms with E-state index in [4.69, 9.17) is 9.78 Å². The quantitative estimate of drug-likeness (QED) is 0.792. The molecule has 0 bridgehead atoms. The number of halogens is 1. The van der Waals surface area contributed by atoms with Gasteiger partial charge in [-0.05, 0) is 23.8 Å². The van der Waals surface area contributed by atoms with E-state index in [1.165, 1.54) is 6.07 Å². The van der Waals surface area contributed by atoms with Gasteiger partial charge in [-0.3, -0.25) is 0 Å². The molecule has 1 N–H and O–H groups in total. The fourth-order valence-corrected chi connectivity index (χ4v) is 1.83. The first-order valence-electron chi connectivity index (χ1n) is 5.92. The van der Waals surface area contributed by atoms with Crippen LogP contribution in [0.4, 0.5) is 4.39 Å². The van der Waals surface area contributed by atoms with Crippen molar-refractivity contribution in [1.82, 2.24) is 15.1 Å². The van der Waals surface area contributed by atoms with E-state index in [0.29, 0.717) is 22.8 Å². The van der Waals surface area contributed by atoms with Crippen LogP contribution in [0.2, 0.25) is 0 Å². The van der Waals surface area contributed by atoms with E-state index in [2.05, 4.69) is 15.1 Å². The maximum atomic E-state index is 13.5. The van der Waals surface area contributed by atoms with Gasteiger partial charge in [0.1, 0.15) is 23.3 Å². The third-order valence-corrected chi connectivity index (χ3v) is 2.81. The molecule has 0 aliphatic carbocycles. The first-order valence-corrected chi connectivity index (χ1v) is 5.92. The van der Waals surface area contributed by atoms with Crippen molar-refractivity contribution >= 4 is 0 Å². The Morgan fingerprint density at radius 1 is 1.25 bits per heavy atom. The number of rotatable bonds is 3. The zero-order valence-corrected chi connectivity index (χ0v) is 10.3. The summed E-state index contributed by atoms with van der Waals surface area (Å²) in [6.45, 7) is 0. The number of hydrogen-bond acceptors (Lipinski definition) is 4. The summed E-state index contributed by atoms with van der Waals surface area (Å²) in [5, 5.41) is 12.5. The van der Waals surface area contributed by atoms with Crippen molar-refractivity contribution in [3.63, 3.8) is 0 Å². The molecule has 0 aliphatic rings. The fraction of sp³-hybridized carbons (Fsp3) is 0.0714. The Morgan fingerprint density at radius 2 is 2.10 bits per heavy atom. The summed E-state index contributed by atoms with van der Waals surface area (Å²) in [4.78, 5) is 7.02. The van der Waals surface area contributed by atoms with Gasteiger partial charge >= 0.3 is 0 Å². The molecule has 2 heterocycles. The number of hydrogen-bond donors (Lipinski definition) is 1. The van der Waals surface area contributed by atoms with Crippen molar-refractivity contribution < 1.29 is 8.91 Å². The molecule has 0 spiro atoms. The lowest BCUT2D eigenvalue weighted by atomic mass is 10.1. The molecule has 0 unspecified atom stereocenters. The van der Waals surface area contributed by atoms with Gasteiger partial charge in [-0.25, -0.2) is 4.39 Å². The van der Waals surface area contributed by atoms with Crippen LogP contribution < -0.4 is 0 Å². The normalized spacial score (nSPS) is 10.4. The molecular formula is C14H9FN4O. The largest absolute Gasteiger partial charge is 0.342 e. The van der Waals surface area contributed by atoms with Crippen LogP contribution in [-0.4, -0.2) is 15.1 Å². The van der Waals surface area contributed by atoms with Gasteiger partial charge in [0.05, 0.1) is 0 Å². The highest BCUT2D eigenvalue weighted by Gasteiger charge is 2.12. The SMILES string of the molecule is N#Cc1ccc(-c2nc(Cc3ccccc3F)no2)[nH]1. The molecule has 5 nitrogen and oxygen atoms in total. The standard InChI is InChI=1S/C14H9FN4O/c15-11-4-2-1-3-9(11)7-13-18-14(20-19-13)12-6-5-10(8-16)17-12/h1-6,17H,7H2. The molecule has 0 saturated heterocycles. The van der Waals surface area contributed by atoms with Crippen molar-refractivity contribution in [2.24, 2.45) is 0 Å². The van der Waals surface area contributed by atoms with E-state index in [9.17, 15) is 4.39 Å². The van der Waals surface area contributed by atoms with Gasteiger partial charge in [0.15, 0.2) is 5.82 Å². The molecule has 1 aromatic carbocycles. The summed E-state index contributed by atoms with van der Waals surface area (Å²) in [5.74, 6) is 0.363. The smallest absolute Gasteiger partial charge is 0.274 e. The number of nitriles is 1. The number of nitrogens with one attached hydrogen (secondary N) is 1. The minimum atomic E-state index is -0.300. The monoisotopic (exact) mass is 268 g/mol. The van der Waals surface area contributed by atoms with Gasteiger partial charge < -0.3 is 9.51 Å². The van der Waals surface area contributed by atoms with Crippen LogP contribution in [0.15, 0.2) is 40.9 Å². The van der Waals surface area contributed by atoms with Crippen molar-refractivity contribution in [3.05, 3.63) is 59.3 Å². The van der Waals surface area contributed by atoms with E-state index in [1.54, 1.807) is 30.3 Å². The van der Waals surface area contributed by atoms with Crippen LogP contribution in [0, 0.1) is 17.1 Å². The molecule has 20 heavy (non-hydrogen) atoms. The summed E-state index contributed by atoms with van der Waals surface area (Å²) >= 11 is 0. The first kappa shape index (κ1) is 12.1. The number of benzene rings is 1. The third kappa shape index (κ3) is 2.29. The average molecular weight is 268 g/mol. The van der Waals surface area contributed by atoms with Crippen molar-refractivity contribution in [2.45, 2.75) is 6.42 Å². The second-order valence-electron chi connectivity index (χ2n) is 4.18. The van der Waals surface area contributed by atoms with Gasteiger partial charge in [-0.15, -0.1) is 0 Å². The maximum absolute atomic E-state index is 13.5. The number of H-pyrrole nitrogens is 1. The molecule has 0 atom stereocenters. The molecule has 0 saturated carbocycles. The lowest BCUT2D eigenvalue weighted by Gasteiger charge is -1.97. The average Bonchev–Trinajstić information content (AvgIpc) is 3.10. The topological polar surface area (TPSA) is 78.5 Å². The van der Waals surface area contributed by atoms with Gasteiger partial charge in [0, 0.05) is 6.42 Å². The highest BCUT2D eigenvalue weighted by molar-refractivity contribution is 5.49. The van der Waals surface area contributed by atoms with Gasteiger partial charge in [0.25, 0.3) is 5.89 Å². The van der Waals surface area contributed by atoms with E-state index in [1.807, 2.05) is 6.07 Å². The van der Waals surface area contributed by atoms with Crippen LogP contribution in [0.5, 0.6) is 0 Å². The summed E-state index contributed by atoms with van der Waals surface area (Å²) in [5.41, 5.74) is 1.48. The van der Waals surface area contributed by atoms with Gasteiger partial charge in [-0.1, -0.05) is 23.4 Å². The predicted octanol–water partition coefficient (Wildman–Crippen LogP) is 2.67. The Kier molecular flexibility index (Phi) is 3.01. The Balaban J connectivity index is 1.84. The molecule has 6 heteroatoms. The molecular weight excluding hydrogens is 259 g/mol. The third-order valence-electron chi connectivity index (χ3n) is 2.81. The Bertz CT molecular complexity index is 784. The highest BCUT2D eigenvalue weighted by Crippen LogP contribution is 2.18. The van der Waals surface area contributed by atoms with E-state index < -0.39 is 0 Å². The Labute approximate surface area is 113 Å². The lowest BCUT2D eigenvalue weighted by molar-refractivity contribution is 0.422. The Morgan fingerprint density at radius 3 is 2.85 bits per heavy atom. The maximum Gasteiger partial charge on any atom is 0.274 e. The summed E-state index contributed by atoms with van der Waals surface area (Å²) in [6, 6.07) is 11.7. The molecule has 98 valence electrons. The van der Waals surface area contributed by atoms with Crippen molar-refractivity contribution in [2.75, 3.05) is 0 Å². The highest BCUT2D eigenvalue weighted by atomic mass is 19.1. The lowest BCUT2D eigenvalue weighted by Crippen LogP contribution is -1.94. The predicted molar refractivity (Wildman–Crippen MR) is 68.0 cm³/mol. The van der Waals surface area contributed by atoms with Crippen LogP contribution in [-0.2, 0) is 6.42 Å². The molecule has 0 aliphatic heterocycles. The Hall–Kier alpha value is -2.94. The minimum Gasteiger partial charge on any atom is -0.342 e. The first-order chi connectivity index (χ1) is 9.76. The van der Waals surface area contributed by atoms with E-state index >= 15 is 0 Å². The summed E-state index contributed by atoms with van der Waals surface area (Å²) in [6.07, 6.45) is 0.252. The molecule has 0 radical (unpaired) electrons. The zero-order valence-electron chi connectivity index (χ0n) is 10.3. The zero-order chi connectivity index (χ0) is 13.9. The minimum absolute atomic E-state index is 0.252. The van der Waals surface area contributed by atoms with Crippen LogP contribution in [0.25, 0.3) is 11.6 Å². The number of aromatic amines is 1. The molecule has 3 aromatic rings. The van der Waals surface area contributed by atoms with Gasteiger partial charge in [-0.2, -0.15) is 10.2 Å². The van der Waals surface area contributed by atoms with Gasteiger partial charge in [0.2, 0.25) is 0 Å². The van der Waals surface area contributed by atoms with Crippen molar-refractivity contribution in [3.8, 4) is 17.7 Å². The molecule has 2 aromatic heterocycles. The van der Waals surface area contributed by atoms with E-state index in [-0.39, 0.29) is 18.1 Å². The van der Waals surface area contributed by atoms with E-state index in [0.717, 1.165) is 0 Å². The van der Waals surface area contributed by atoms with Crippen LogP contribution in [0.1, 0.15) is 17.1 Å². The number of aromatic nitrogens is 3. The molecule has 0 fully saturated rings. The number of nitrogens with zero attached hydrogens (tertiary/aromatic N) is 3. The van der Waals surface area contributed by atoms with Crippen molar-refractivity contribution in [1.29, 1.82) is 5.26 Å². The second kappa shape index (κ2) is 4.97. The molecule has 3 rings (SSSR count). The second-order valence-corrected chi connectivity index (χ2v) is 4.18. The summed E-state index contributed by atoms with van der Waals surface area (Å²) in [7, 11) is 0. The van der Waals surface area contributed by atoms with Crippen LogP contribution >= 0.6 is 0 Å². The fourth-order valence-electron chi connectivity index (χ4n) is 1.83. The molecule has 0 amide bonds.